The first kappa shape index (κ1) is 33.1. The highest BCUT2D eigenvalue weighted by Crippen LogP contribution is 2.39. The highest BCUT2D eigenvalue weighted by atomic mass is 16.6. The van der Waals surface area contributed by atoms with E-state index in [9.17, 15) is 14.4 Å². The van der Waals surface area contributed by atoms with E-state index in [1.165, 1.54) is 6.92 Å². The number of amides is 1. The summed E-state index contributed by atoms with van der Waals surface area (Å²) in [5.74, 6) is -0.329. The first-order valence-corrected chi connectivity index (χ1v) is 16.6. The van der Waals surface area contributed by atoms with Gasteiger partial charge in [-0.05, 0) is 81.8 Å². The van der Waals surface area contributed by atoms with E-state index in [0.717, 1.165) is 56.2 Å². The van der Waals surface area contributed by atoms with Gasteiger partial charge < -0.3 is 24.3 Å². The average Bonchev–Trinajstić information content (AvgIpc) is 3.44. The number of methoxy groups -OCH3 is 2. The molecule has 7 unspecified atom stereocenters. The third-order valence-corrected chi connectivity index (χ3v) is 9.94. The number of ketones is 2. The molecule has 0 radical (unpaired) electrons. The summed E-state index contributed by atoms with van der Waals surface area (Å²) in [6.07, 6.45) is 6.41. The van der Waals surface area contributed by atoms with Gasteiger partial charge in [0.2, 0.25) is 5.88 Å². The lowest BCUT2D eigenvalue weighted by Gasteiger charge is -2.42. The fourth-order valence-corrected chi connectivity index (χ4v) is 7.57. The molecule has 0 spiro atoms. The average molecular weight is 624 g/mol. The van der Waals surface area contributed by atoms with Gasteiger partial charge in [-0.3, -0.25) is 9.59 Å². The van der Waals surface area contributed by atoms with Gasteiger partial charge in [0.15, 0.2) is 5.78 Å². The second kappa shape index (κ2) is 14.0. The molecule has 0 saturated heterocycles. The number of benzene rings is 1. The number of aromatic nitrogens is 2. The van der Waals surface area contributed by atoms with E-state index in [1.807, 2.05) is 39.0 Å². The number of ether oxygens (including phenoxy) is 4. The van der Waals surface area contributed by atoms with Gasteiger partial charge in [-0.1, -0.05) is 33.6 Å². The topological polar surface area (TPSA) is 126 Å². The molecule has 6 rings (SSSR count). The minimum absolute atomic E-state index is 0.155. The smallest absolute Gasteiger partial charge is 0.408 e. The minimum atomic E-state index is -0.832. The zero-order valence-corrected chi connectivity index (χ0v) is 27.6. The van der Waals surface area contributed by atoms with Crippen LogP contribution >= 0.6 is 0 Å². The molecule has 4 aliphatic rings. The van der Waals surface area contributed by atoms with Crippen LogP contribution in [-0.2, 0) is 25.5 Å². The molecule has 246 valence electrons. The van der Waals surface area contributed by atoms with Crippen LogP contribution in [-0.4, -0.2) is 66.2 Å². The zero-order valence-electron chi connectivity index (χ0n) is 27.6. The van der Waals surface area contributed by atoms with Crippen LogP contribution in [0.4, 0.5) is 4.79 Å². The van der Waals surface area contributed by atoms with E-state index in [-0.39, 0.29) is 17.7 Å². The van der Waals surface area contributed by atoms with Crippen LogP contribution in [0.1, 0.15) is 91.2 Å². The summed E-state index contributed by atoms with van der Waals surface area (Å²) < 4.78 is 24.0. The van der Waals surface area contributed by atoms with Crippen LogP contribution < -0.4 is 14.8 Å². The number of carbonyl (C=O) groups excluding carboxylic acids is 3. The Morgan fingerprint density at radius 2 is 1.69 bits per heavy atom. The van der Waals surface area contributed by atoms with Gasteiger partial charge >= 0.3 is 6.09 Å². The summed E-state index contributed by atoms with van der Waals surface area (Å²) in [6.45, 7) is 7.26. The highest BCUT2D eigenvalue weighted by molar-refractivity contribution is 5.94. The Kier molecular flexibility index (Phi) is 10.3. The number of nitrogens with zero attached hydrogens (tertiary/aromatic N) is 2. The number of hydrogen-bond donors (Lipinski definition) is 1. The minimum Gasteiger partial charge on any atom is -0.497 e. The molecule has 1 aromatic heterocycles. The predicted octanol–water partition coefficient (Wildman–Crippen LogP) is 6.01. The van der Waals surface area contributed by atoms with E-state index in [0.29, 0.717) is 42.3 Å². The van der Waals surface area contributed by atoms with Crippen molar-refractivity contribution in [2.24, 2.45) is 23.2 Å². The van der Waals surface area contributed by atoms with E-state index in [4.69, 9.17) is 28.9 Å². The van der Waals surface area contributed by atoms with Gasteiger partial charge in [0.1, 0.15) is 35.5 Å². The molecule has 7 atom stereocenters. The number of nitrogens with one attached hydrogen (secondary N) is 1. The van der Waals surface area contributed by atoms with Gasteiger partial charge in [0, 0.05) is 19.1 Å². The maximum absolute atomic E-state index is 14.3. The van der Waals surface area contributed by atoms with Crippen LogP contribution in [0.5, 0.6) is 11.6 Å². The Bertz CT molecular complexity index is 1390. The monoisotopic (exact) mass is 623 g/mol. The first-order valence-electron chi connectivity index (χ1n) is 16.6. The number of carbonyl (C=O) groups is 3. The largest absolute Gasteiger partial charge is 0.497 e. The summed E-state index contributed by atoms with van der Waals surface area (Å²) >= 11 is 0. The molecule has 2 aromatic rings. The maximum Gasteiger partial charge on any atom is 0.408 e. The Morgan fingerprint density at radius 1 is 0.911 bits per heavy atom. The second-order valence-electron chi connectivity index (χ2n) is 14.1. The number of fused-ring (bicyclic) bond motifs is 11. The van der Waals surface area contributed by atoms with E-state index in [2.05, 4.69) is 5.32 Å². The Morgan fingerprint density at radius 3 is 2.40 bits per heavy atom. The van der Waals surface area contributed by atoms with Gasteiger partial charge in [-0.15, -0.1) is 0 Å². The fraction of sp³-hybridized carbons (Fsp3) is 0.686. The van der Waals surface area contributed by atoms with Gasteiger partial charge in [0.05, 0.1) is 30.1 Å². The lowest BCUT2D eigenvalue weighted by atomic mass is 9.68. The third-order valence-electron chi connectivity index (χ3n) is 9.94. The first-order chi connectivity index (χ1) is 21.5. The van der Waals surface area contributed by atoms with Crippen molar-refractivity contribution in [1.29, 1.82) is 0 Å². The Hall–Kier alpha value is -3.27. The Balaban J connectivity index is 1.53. The van der Waals surface area contributed by atoms with Crippen LogP contribution in [0.25, 0.3) is 11.0 Å². The molecule has 1 N–H and O–H groups in total. The molecule has 2 aliphatic heterocycles. The standard InChI is InChI=1S/C35H49N3O7/c1-20(39)29-23-16-18-28(31(29)43-6)44-33-25(36-24-17-15-22(42-5)19-26(24)37-33)13-9-7-8-11-21-12-10-14-27(21)45-34(41)38-32(30(23)40)35(2,3)4/h15,17,19,21,23,27-29,31-32H,7-14,16,18H2,1-6H3,(H,38,41). The fourth-order valence-electron chi connectivity index (χ4n) is 7.57. The normalized spacial score (nSPS) is 30.1. The van der Waals surface area contributed by atoms with Gasteiger partial charge in [-0.2, -0.15) is 0 Å². The van der Waals surface area contributed by atoms with E-state index in [1.54, 1.807) is 14.2 Å². The molecule has 2 fully saturated rings. The van der Waals surface area contributed by atoms with Crippen LogP contribution in [0, 0.1) is 23.2 Å². The highest BCUT2D eigenvalue weighted by Gasteiger charge is 2.50. The summed E-state index contributed by atoms with van der Waals surface area (Å²) in [4.78, 5) is 50.7. The number of Topliss-reactive ketones (excluding diaryl/α,β-unsaturated/α-hetero) is 2. The second-order valence-corrected chi connectivity index (χ2v) is 14.1. The quantitative estimate of drug-likeness (QED) is 0.437. The van der Waals surface area contributed by atoms with Crippen molar-refractivity contribution in [3.63, 3.8) is 0 Å². The summed E-state index contributed by atoms with van der Waals surface area (Å²) in [6, 6.07) is 4.78. The molecular formula is C35H49N3O7. The Labute approximate surface area is 266 Å². The van der Waals surface area contributed by atoms with Crippen LogP contribution in [0.15, 0.2) is 18.2 Å². The number of hydrogen-bond acceptors (Lipinski definition) is 9. The lowest BCUT2D eigenvalue weighted by molar-refractivity contribution is -0.149. The molecule has 10 heteroatoms. The van der Waals surface area contributed by atoms with Crippen molar-refractivity contribution in [1.82, 2.24) is 15.3 Å². The molecule has 2 saturated carbocycles. The summed E-state index contributed by atoms with van der Waals surface area (Å²) in [5.41, 5.74) is 1.58. The summed E-state index contributed by atoms with van der Waals surface area (Å²) in [5, 5.41) is 2.92. The molecule has 10 nitrogen and oxygen atoms in total. The number of aryl methyl sites for hydroxylation is 1. The number of rotatable bonds is 3. The van der Waals surface area contributed by atoms with Crippen molar-refractivity contribution in [3.05, 3.63) is 23.9 Å². The van der Waals surface area contributed by atoms with Crippen molar-refractivity contribution < 1.29 is 33.3 Å². The van der Waals surface area contributed by atoms with Crippen molar-refractivity contribution in [3.8, 4) is 11.6 Å². The predicted molar refractivity (Wildman–Crippen MR) is 169 cm³/mol. The third kappa shape index (κ3) is 7.42. The SMILES string of the molecule is COc1ccc2nc3c(nc2c1)OC1CCC(C(=O)C(C(C)(C)C)NC(=O)OC2CCCC2CCCCC3)C(C(C)=O)C1OC. The lowest BCUT2D eigenvalue weighted by Crippen LogP contribution is -2.57. The van der Waals surface area contributed by atoms with Crippen LogP contribution in [0.2, 0.25) is 0 Å². The van der Waals surface area contributed by atoms with Gasteiger partial charge in [-0.25, -0.2) is 14.8 Å². The molecular weight excluding hydrogens is 574 g/mol. The summed E-state index contributed by atoms with van der Waals surface area (Å²) in [7, 11) is 3.16. The van der Waals surface area contributed by atoms with Crippen LogP contribution in [0.3, 0.4) is 0 Å². The van der Waals surface area contributed by atoms with E-state index < -0.39 is 41.6 Å². The number of alkyl carbamates (subject to hydrolysis) is 1. The molecule has 1 aromatic carbocycles. The molecule has 3 heterocycles. The molecule has 2 aliphatic carbocycles. The van der Waals surface area contributed by atoms with Crippen molar-refractivity contribution >= 4 is 28.7 Å². The van der Waals surface area contributed by atoms with Crippen molar-refractivity contribution in [2.45, 2.75) is 116 Å². The molecule has 45 heavy (non-hydrogen) atoms. The van der Waals surface area contributed by atoms with E-state index >= 15 is 0 Å². The van der Waals surface area contributed by atoms with Gasteiger partial charge in [0.25, 0.3) is 0 Å². The molecule has 1 amide bonds. The molecule has 2 bridgehead atoms. The zero-order chi connectivity index (χ0) is 32.3. The maximum atomic E-state index is 14.3. The van der Waals surface area contributed by atoms with Crippen molar-refractivity contribution in [2.75, 3.05) is 14.2 Å².